The van der Waals surface area contributed by atoms with Gasteiger partial charge in [-0.25, -0.2) is 4.39 Å². The molecule has 2 nitrogen and oxygen atoms in total. The van der Waals surface area contributed by atoms with Crippen LogP contribution in [0.5, 0.6) is 0 Å². The molecular formula is C12H11ClFIN2. The lowest BCUT2D eigenvalue weighted by atomic mass is 10.2. The number of benzene rings is 1. The van der Waals surface area contributed by atoms with Crippen molar-refractivity contribution in [3.63, 3.8) is 0 Å². The van der Waals surface area contributed by atoms with Gasteiger partial charge in [-0.05, 0) is 54.1 Å². The third kappa shape index (κ3) is 2.63. The number of nitrogens with zero attached hydrogens (tertiary/aromatic N) is 2. The van der Waals surface area contributed by atoms with E-state index in [4.69, 9.17) is 11.6 Å². The van der Waals surface area contributed by atoms with Gasteiger partial charge in [-0.3, -0.25) is 4.68 Å². The smallest absolute Gasteiger partial charge is 0.142 e. The maximum Gasteiger partial charge on any atom is 0.142 e. The van der Waals surface area contributed by atoms with E-state index in [9.17, 15) is 4.39 Å². The van der Waals surface area contributed by atoms with E-state index >= 15 is 0 Å². The van der Waals surface area contributed by atoms with Gasteiger partial charge < -0.3 is 0 Å². The van der Waals surface area contributed by atoms with E-state index in [2.05, 4.69) is 27.7 Å². The van der Waals surface area contributed by atoms with E-state index in [0.717, 1.165) is 20.5 Å². The minimum absolute atomic E-state index is 0.150. The molecule has 1 aromatic heterocycles. The van der Waals surface area contributed by atoms with Crippen molar-refractivity contribution in [2.24, 2.45) is 0 Å². The van der Waals surface area contributed by atoms with Crippen LogP contribution in [0.25, 0.3) is 0 Å². The van der Waals surface area contributed by atoms with Crippen LogP contribution in [-0.2, 0) is 6.54 Å². The van der Waals surface area contributed by atoms with Crippen molar-refractivity contribution in [1.29, 1.82) is 0 Å². The average Bonchev–Trinajstić information content (AvgIpc) is 2.52. The van der Waals surface area contributed by atoms with Gasteiger partial charge in [0.25, 0.3) is 0 Å². The Balaban J connectivity index is 2.31. The first kappa shape index (κ1) is 12.8. The standard InChI is InChI=1S/C12H11ClFIN2/c1-7-12(15)8(2)17(16-7)6-9-3-4-10(13)11(14)5-9/h3-5H,6H2,1-2H3. The Labute approximate surface area is 118 Å². The minimum atomic E-state index is -0.389. The summed E-state index contributed by atoms with van der Waals surface area (Å²) < 4.78 is 16.3. The van der Waals surface area contributed by atoms with Crippen LogP contribution >= 0.6 is 34.2 Å². The summed E-state index contributed by atoms with van der Waals surface area (Å²) in [7, 11) is 0. The molecule has 0 unspecified atom stereocenters. The molecule has 0 saturated carbocycles. The van der Waals surface area contributed by atoms with Crippen molar-refractivity contribution >= 4 is 34.2 Å². The SMILES string of the molecule is Cc1nn(Cc2ccc(Cl)c(F)c2)c(C)c1I. The van der Waals surface area contributed by atoms with Crippen molar-refractivity contribution in [3.05, 3.63) is 49.6 Å². The van der Waals surface area contributed by atoms with Crippen LogP contribution in [0.3, 0.4) is 0 Å². The van der Waals surface area contributed by atoms with E-state index in [1.54, 1.807) is 6.07 Å². The third-order valence-electron chi connectivity index (χ3n) is 2.61. The third-order valence-corrected chi connectivity index (χ3v) is 4.48. The van der Waals surface area contributed by atoms with Crippen LogP contribution in [0.1, 0.15) is 17.0 Å². The molecule has 0 aliphatic rings. The quantitative estimate of drug-likeness (QED) is 0.738. The van der Waals surface area contributed by atoms with Crippen molar-refractivity contribution in [2.45, 2.75) is 20.4 Å². The fraction of sp³-hybridized carbons (Fsp3) is 0.250. The zero-order chi connectivity index (χ0) is 12.6. The largest absolute Gasteiger partial charge is 0.264 e. The molecule has 2 aromatic rings. The lowest BCUT2D eigenvalue weighted by Gasteiger charge is -2.05. The van der Waals surface area contributed by atoms with E-state index < -0.39 is 0 Å². The van der Waals surface area contributed by atoms with Crippen LogP contribution in [0, 0.1) is 23.2 Å². The van der Waals surface area contributed by atoms with E-state index in [1.165, 1.54) is 6.07 Å². The number of rotatable bonds is 2. The summed E-state index contributed by atoms with van der Waals surface area (Å²) in [5.41, 5.74) is 2.95. The molecule has 17 heavy (non-hydrogen) atoms. The maximum absolute atomic E-state index is 13.3. The van der Waals surface area contributed by atoms with Crippen molar-refractivity contribution < 1.29 is 4.39 Å². The van der Waals surface area contributed by atoms with Gasteiger partial charge in [0.1, 0.15) is 5.82 Å². The molecule has 0 fully saturated rings. The molecule has 0 bridgehead atoms. The number of hydrogen-bond acceptors (Lipinski definition) is 1. The molecule has 2 rings (SSSR count). The lowest BCUT2D eigenvalue weighted by molar-refractivity contribution is 0.616. The summed E-state index contributed by atoms with van der Waals surface area (Å²) in [5, 5.41) is 4.56. The van der Waals surface area contributed by atoms with Gasteiger partial charge in [-0.15, -0.1) is 0 Å². The number of hydrogen-bond donors (Lipinski definition) is 0. The van der Waals surface area contributed by atoms with Gasteiger partial charge in [0.15, 0.2) is 0 Å². The molecule has 1 heterocycles. The van der Waals surface area contributed by atoms with Crippen LogP contribution in [0.15, 0.2) is 18.2 Å². The second kappa shape index (κ2) is 4.94. The highest BCUT2D eigenvalue weighted by Crippen LogP contribution is 2.19. The number of aryl methyl sites for hydroxylation is 1. The Hall–Kier alpha value is -0.620. The Morgan fingerprint density at radius 2 is 2.12 bits per heavy atom. The highest BCUT2D eigenvalue weighted by Gasteiger charge is 2.09. The van der Waals surface area contributed by atoms with Gasteiger partial charge in [0.05, 0.1) is 20.8 Å². The molecular weight excluding hydrogens is 354 g/mol. The molecule has 1 aromatic carbocycles. The van der Waals surface area contributed by atoms with E-state index in [0.29, 0.717) is 6.54 Å². The first-order valence-corrected chi connectivity index (χ1v) is 6.58. The normalized spacial score (nSPS) is 10.9. The van der Waals surface area contributed by atoms with Crippen LogP contribution in [-0.4, -0.2) is 9.78 Å². The summed E-state index contributed by atoms with van der Waals surface area (Å²) in [4.78, 5) is 0. The monoisotopic (exact) mass is 364 g/mol. The van der Waals surface area contributed by atoms with Crippen LogP contribution < -0.4 is 0 Å². The topological polar surface area (TPSA) is 17.8 Å². The minimum Gasteiger partial charge on any atom is -0.264 e. The van der Waals surface area contributed by atoms with Gasteiger partial charge in [0.2, 0.25) is 0 Å². The molecule has 0 amide bonds. The Bertz CT molecular complexity index is 566. The fourth-order valence-corrected chi connectivity index (χ4v) is 2.14. The zero-order valence-electron chi connectivity index (χ0n) is 9.47. The van der Waals surface area contributed by atoms with E-state index in [-0.39, 0.29) is 10.8 Å². The van der Waals surface area contributed by atoms with Crippen molar-refractivity contribution in [1.82, 2.24) is 9.78 Å². The Kier molecular flexibility index (Phi) is 3.73. The molecule has 90 valence electrons. The summed E-state index contributed by atoms with van der Waals surface area (Å²) in [6.45, 7) is 4.53. The second-order valence-electron chi connectivity index (χ2n) is 3.89. The van der Waals surface area contributed by atoms with Gasteiger partial charge >= 0.3 is 0 Å². The van der Waals surface area contributed by atoms with Crippen molar-refractivity contribution in [2.75, 3.05) is 0 Å². The molecule has 0 aliphatic heterocycles. The predicted molar refractivity (Wildman–Crippen MR) is 74.9 cm³/mol. The summed E-state index contributed by atoms with van der Waals surface area (Å²) in [6, 6.07) is 4.84. The molecule has 0 aliphatic carbocycles. The van der Waals surface area contributed by atoms with Crippen LogP contribution in [0.2, 0.25) is 5.02 Å². The van der Waals surface area contributed by atoms with Gasteiger partial charge in [-0.2, -0.15) is 5.10 Å². The van der Waals surface area contributed by atoms with Crippen LogP contribution in [0.4, 0.5) is 4.39 Å². The summed E-state index contributed by atoms with van der Waals surface area (Å²) in [6.07, 6.45) is 0. The van der Waals surface area contributed by atoms with Gasteiger partial charge in [-0.1, -0.05) is 17.7 Å². The Morgan fingerprint density at radius 1 is 1.41 bits per heavy atom. The summed E-state index contributed by atoms with van der Waals surface area (Å²) >= 11 is 7.91. The first-order chi connectivity index (χ1) is 7.99. The molecule has 5 heteroatoms. The molecule has 0 spiro atoms. The molecule has 0 radical (unpaired) electrons. The number of halogens is 3. The fourth-order valence-electron chi connectivity index (χ4n) is 1.64. The van der Waals surface area contributed by atoms with E-state index in [1.807, 2.05) is 24.6 Å². The predicted octanol–water partition coefficient (Wildman–Crippen LogP) is 3.95. The average molecular weight is 365 g/mol. The van der Waals surface area contributed by atoms with Gasteiger partial charge in [0, 0.05) is 5.69 Å². The highest BCUT2D eigenvalue weighted by atomic mass is 127. The lowest BCUT2D eigenvalue weighted by Crippen LogP contribution is -2.04. The number of aromatic nitrogens is 2. The molecule has 0 atom stereocenters. The zero-order valence-corrected chi connectivity index (χ0v) is 12.4. The highest BCUT2D eigenvalue weighted by molar-refractivity contribution is 14.1. The molecule has 0 saturated heterocycles. The molecule has 0 N–H and O–H groups in total. The maximum atomic E-state index is 13.3. The summed E-state index contributed by atoms with van der Waals surface area (Å²) in [5.74, 6) is -0.389. The Morgan fingerprint density at radius 3 is 2.65 bits per heavy atom. The second-order valence-corrected chi connectivity index (χ2v) is 5.38. The first-order valence-electron chi connectivity index (χ1n) is 5.12. The van der Waals surface area contributed by atoms with Crippen molar-refractivity contribution in [3.8, 4) is 0 Å².